The minimum Gasteiger partial charge on any atom is -0.486 e. The molecular weight excluding hydrogens is 394 g/mol. The van der Waals surface area contributed by atoms with Crippen LogP contribution in [-0.4, -0.2) is 17.5 Å². The fourth-order valence-corrected chi connectivity index (χ4v) is 4.08. The van der Waals surface area contributed by atoms with Crippen LogP contribution in [0.3, 0.4) is 0 Å². The number of hydrogen-bond donors (Lipinski definition) is 0. The predicted octanol–water partition coefficient (Wildman–Crippen LogP) is 6.95. The Balaban J connectivity index is 1.75. The normalized spacial score (nSPS) is 21.1. The zero-order chi connectivity index (χ0) is 21.7. The molecule has 0 amide bonds. The van der Waals surface area contributed by atoms with Gasteiger partial charge >= 0.3 is 0 Å². The Morgan fingerprint density at radius 1 is 1.13 bits per heavy atom. The zero-order valence-electron chi connectivity index (χ0n) is 17.3. The molecule has 0 spiro atoms. The first-order chi connectivity index (χ1) is 14.4. The molecule has 0 saturated heterocycles. The Morgan fingerprint density at radius 3 is 2.57 bits per heavy atom. The molecule has 1 aromatic heterocycles. The van der Waals surface area contributed by atoms with Gasteiger partial charge in [-0.25, -0.2) is 13.2 Å². The van der Waals surface area contributed by atoms with Crippen LogP contribution in [0.2, 0.25) is 0 Å². The van der Waals surface area contributed by atoms with Crippen LogP contribution < -0.4 is 4.74 Å². The van der Waals surface area contributed by atoms with Crippen LogP contribution in [0, 0.1) is 11.6 Å². The van der Waals surface area contributed by atoms with E-state index in [0.717, 1.165) is 18.5 Å². The standard InChI is InChI=1S/C24H27F4NO/c1-3-5-13-30-21-12-10-19(22(25)23(21)26)16-8-11-20(24(27,28)14-16)17-7-9-18(6-4-2)29-15-17/h3,5,7,9-10,12,15-16,20H,4,6,8,11,13-14H2,1-2H3/b5-3+. The summed E-state index contributed by atoms with van der Waals surface area (Å²) in [5, 5.41) is 0. The van der Waals surface area contributed by atoms with E-state index in [4.69, 9.17) is 4.74 Å². The average molecular weight is 421 g/mol. The van der Waals surface area contributed by atoms with Crippen LogP contribution in [0.15, 0.2) is 42.6 Å². The average Bonchev–Trinajstić information content (AvgIpc) is 2.72. The number of hydrogen-bond acceptors (Lipinski definition) is 2. The van der Waals surface area contributed by atoms with Gasteiger partial charge in [-0.15, -0.1) is 0 Å². The summed E-state index contributed by atoms with van der Waals surface area (Å²) in [5.74, 6) is -7.18. The highest BCUT2D eigenvalue weighted by molar-refractivity contribution is 5.34. The monoisotopic (exact) mass is 421 g/mol. The Hall–Kier alpha value is -2.37. The predicted molar refractivity (Wildman–Crippen MR) is 109 cm³/mol. The van der Waals surface area contributed by atoms with Gasteiger partial charge in [-0.2, -0.15) is 4.39 Å². The lowest BCUT2D eigenvalue weighted by Crippen LogP contribution is -2.34. The number of alkyl halides is 2. The third-order valence-electron chi connectivity index (χ3n) is 5.68. The van der Waals surface area contributed by atoms with Gasteiger partial charge < -0.3 is 4.74 Å². The van der Waals surface area contributed by atoms with Crippen LogP contribution in [0.1, 0.15) is 68.2 Å². The number of aryl methyl sites for hydroxylation is 1. The van der Waals surface area contributed by atoms with Crippen LogP contribution in [0.5, 0.6) is 5.75 Å². The highest BCUT2D eigenvalue weighted by atomic mass is 19.3. The van der Waals surface area contributed by atoms with Crippen molar-refractivity contribution >= 4 is 0 Å². The maximum Gasteiger partial charge on any atom is 0.255 e. The van der Waals surface area contributed by atoms with Crippen LogP contribution in [-0.2, 0) is 6.42 Å². The van der Waals surface area contributed by atoms with Crippen LogP contribution >= 0.6 is 0 Å². The largest absolute Gasteiger partial charge is 0.486 e. The second-order valence-corrected chi connectivity index (χ2v) is 7.79. The number of halogens is 4. The van der Waals surface area contributed by atoms with Crippen LogP contribution in [0.25, 0.3) is 0 Å². The third-order valence-corrected chi connectivity index (χ3v) is 5.68. The number of rotatable bonds is 7. The Morgan fingerprint density at radius 2 is 1.93 bits per heavy atom. The van der Waals surface area contributed by atoms with Crippen molar-refractivity contribution in [2.45, 2.75) is 63.7 Å². The van der Waals surface area contributed by atoms with Crippen molar-refractivity contribution in [3.8, 4) is 5.75 Å². The third kappa shape index (κ3) is 4.85. The van der Waals surface area contributed by atoms with Crippen LogP contribution in [0.4, 0.5) is 17.6 Å². The summed E-state index contributed by atoms with van der Waals surface area (Å²) in [4.78, 5) is 4.29. The first kappa shape index (κ1) is 22.3. The number of aromatic nitrogens is 1. The lowest BCUT2D eigenvalue weighted by Gasteiger charge is -2.36. The van der Waals surface area contributed by atoms with Gasteiger partial charge in [0, 0.05) is 24.2 Å². The van der Waals surface area contributed by atoms with Crippen molar-refractivity contribution in [1.29, 1.82) is 0 Å². The Kier molecular flexibility index (Phi) is 7.16. The SMILES string of the molecule is C/C=C/COc1ccc(C2CCC(c3ccc(CCC)nc3)C(F)(F)C2)c(F)c1F. The van der Waals surface area contributed by atoms with Gasteiger partial charge in [0.2, 0.25) is 5.82 Å². The van der Waals surface area contributed by atoms with E-state index in [-0.39, 0.29) is 24.3 Å². The van der Waals surface area contributed by atoms with E-state index in [9.17, 15) is 17.6 Å². The molecule has 2 aromatic rings. The summed E-state index contributed by atoms with van der Waals surface area (Å²) in [5.41, 5.74) is 1.37. The highest BCUT2D eigenvalue weighted by Gasteiger charge is 2.47. The maximum absolute atomic E-state index is 15.0. The van der Waals surface area contributed by atoms with Gasteiger partial charge in [0.05, 0.1) is 0 Å². The summed E-state index contributed by atoms with van der Waals surface area (Å²) < 4.78 is 64.1. The molecule has 0 aliphatic heterocycles. The second kappa shape index (κ2) is 9.63. The van der Waals surface area contributed by atoms with E-state index in [0.29, 0.717) is 12.0 Å². The Bertz CT molecular complexity index is 880. The smallest absolute Gasteiger partial charge is 0.255 e. The Labute approximate surface area is 175 Å². The molecule has 2 nitrogen and oxygen atoms in total. The van der Waals surface area contributed by atoms with E-state index in [1.165, 1.54) is 18.3 Å². The lowest BCUT2D eigenvalue weighted by atomic mass is 9.73. The fourth-order valence-electron chi connectivity index (χ4n) is 4.08. The number of ether oxygens (including phenoxy) is 1. The molecule has 1 aliphatic carbocycles. The molecular formula is C24H27F4NO. The fraction of sp³-hybridized carbons (Fsp3) is 0.458. The van der Waals surface area contributed by atoms with E-state index in [1.807, 2.05) is 6.92 Å². The van der Waals surface area contributed by atoms with E-state index in [1.54, 1.807) is 31.2 Å². The van der Waals surface area contributed by atoms with E-state index in [2.05, 4.69) is 4.98 Å². The molecule has 1 aliphatic rings. The zero-order valence-corrected chi connectivity index (χ0v) is 17.3. The van der Waals surface area contributed by atoms with Gasteiger partial charge in [0.1, 0.15) is 6.61 Å². The minimum atomic E-state index is -3.03. The molecule has 162 valence electrons. The molecule has 2 unspecified atom stereocenters. The second-order valence-electron chi connectivity index (χ2n) is 7.79. The first-order valence-electron chi connectivity index (χ1n) is 10.4. The summed E-state index contributed by atoms with van der Waals surface area (Å²) >= 11 is 0. The quantitative estimate of drug-likeness (QED) is 0.356. The molecule has 1 saturated carbocycles. The van der Waals surface area contributed by atoms with Crippen molar-refractivity contribution in [1.82, 2.24) is 4.98 Å². The molecule has 1 aromatic carbocycles. The number of nitrogens with zero attached hydrogens (tertiary/aromatic N) is 1. The summed E-state index contributed by atoms with van der Waals surface area (Å²) in [6, 6.07) is 6.19. The lowest BCUT2D eigenvalue weighted by molar-refractivity contribution is -0.0619. The van der Waals surface area contributed by atoms with Gasteiger partial charge in [-0.3, -0.25) is 4.98 Å². The van der Waals surface area contributed by atoms with Crippen molar-refractivity contribution in [2.75, 3.05) is 6.61 Å². The van der Waals surface area contributed by atoms with Crippen molar-refractivity contribution in [3.05, 3.63) is 71.1 Å². The molecule has 0 bridgehead atoms. The molecule has 30 heavy (non-hydrogen) atoms. The van der Waals surface area contributed by atoms with E-state index < -0.39 is 35.8 Å². The van der Waals surface area contributed by atoms with Gasteiger partial charge in [0.15, 0.2) is 11.6 Å². The van der Waals surface area contributed by atoms with Gasteiger partial charge in [0.25, 0.3) is 5.92 Å². The first-order valence-corrected chi connectivity index (χ1v) is 10.4. The molecule has 1 heterocycles. The summed E-state index contributed by atoms with van der Waals surface area (Å²) in [6.07, 6.45) is 6.69. The molecule has 2 atom stereocenters. The van der Waals surface area contributed by atoms with Crippen molar-refractivity contribution < 1.29 is 22.3 Å². The topological polar surface area (TPSA) is 22.1 Å². The molecule has 6 heteroatoms. The molecule has 0 N–H and O–H groups in total. The number of allylic oxidation sites excluding steroid dienone is 1. The molecule has 1 fully saturated rings. The summed E-state index contributed by atoms with van der Waals surface area (Å²) in [7, 11) is 0. The molecule has 0 radical (unpaired) electrons. The van der Waals surface area contributed by atoms with Gasteiger partial charge in [-0.05, 0) is 55.4 Å². The molecule has 3 rings (SSSR count). The number of benzene rings is 1. The number of pyridine rings is 1. The van der Waals surface area contributed by atoms with Gasteiger partial charge in [-0.1, -0.05) is 37.6 Å². The minimum absolute atomic E-state index is 0.0135. The highest BCUT2D eigenvalue weighted by Crippen LogP contribution is 2.50. The van der Waals surface area contributed by atoms with E-state index >= 15 is 0 Å². The maximum atomic E-state index is 15.0. The van der Waals surface area contributed by atoms with Crippen molar-refractivity contribution in [2.24, 2.45) is 0 Å². The van der Waals surface area contributed by atoms with Crippen molar-refractivity contribution in [3.63, 3.8) is 0 Å². The summed E-state index contributed by atoms with van der Waals surface area (Å²) in [6.45, 7) is 3.93.